The third-order valence-electron chi connectivity index (χ3n) is 23.6. The Labute approximate surface area is 637 Å². The summed E-state index contributed by atoms with van der Waals surface area (Å²) in [6.45, 7) is 4.50. The molecule has 0 unspecified atom stereocenters. The summed E-state index contributed by atoms with van der Waals surface area (Å²) in [5.74, 6) is 1.52. The van der Waals surface area contributed by atoms with Crippen LogP contribution in [-0.4, -0.2) is 29.1 Å². The van der Waals surface area contributed by atoms with E-state index in [1.54, 1.807) is 0 Å². The van der Waals surface area contributed by atoms with Gasteiger partial charge in [-0.25, -0.2) is 19.9 Å². The topological polar surface area (TPSA) is 74.6 Å². The maximum Gasteiger partial charge on any atom is 0.247 e. The van der Waals surface area contributed by atoms with Gasteiger partial charge in [-0.05, 0) is 182 Å². The second-order valence-electron chi connectivity index (χ2n) is 29.6. The lowest BCUT2D eigenvalue weighted by Gasteiger charge is -2.19. The lowest BCUT2D eigenvalue weighted by molar-refractivity contribution is 0.653. The van der Waals surface area contributed by atoms with Crippen molar-refractivity contribution in [1.82, 2.24) is 29.1 Å². The Morgan fingerprint density at radius 3 is 1.19 bits per heavy atom. The van der Waals surface area contributed by atoms with Gasteiger partial charge in [0.2, 0.25) is 5.71 Å². The van der Waals surface area contributed by atoms with Crippen LogP contribution in [-0.2, 0) is 12.8 Å². The lowest BCUT2D eigenvalue weighted by Crippen LogP contribution is -2.08. The molecule has 0 N–H and O–H groups in total. The first-order valence-corrected chi connectivity index (χ1v) is 38.4. The van der Waals surface area contributed by atoms with E-state index in [0.717, 1.165) is 151 Å². The van der Waals surface area contributed by atoms with Crippen LogP contribution in [0, 0.1) is 0 Å². The minimum absolute atomic E-state index is 0.499. The van der Waals surface area contributed by atoms with Crippen molar-refractivity contribution in [2.45, 2.75) is 26.7 Å². The maximum absolute atomic E-state index is 6.57. The summed E-state index contributed by atoms with van der Waals surface area (Å²) in [5.41, 5.74) is 20.7. The van der Waals surface area contributed by atoms with Gasteiger partial charge >= 0.3 is 0 Å². The molecule has 0 saturated heterocycles. The van der Waals surface area contributed by atoms with E-state index < -0.39 is 0 Å². The zero-order valence-electron chi connectivity index (χ0n) is 60.8. The second kappa shape index (κ2) is 24.6. The van der Waals surface area contributed by atoms with Crippen molar-refractivity contribution in [2.75, 3.05) is 0 Å². The summed E-state index contributed by atoms with van der Waals surface area (Å²) in [6.07, 6.45) is 1.44. The molecule has 23 rings (SSSR count). The van der Waals surface area contributed by atoms with Gasteiger partial charge in [0.25, 0.3) is 0 Å². The number of furan rings is 1. The smallest absolute Gasteiger partial charge is 0.247 e. The van der Waals surface area contributed by atoms with Crippen molar-refractivity contribution in [3.05, 3.63) is 351 Å². The van der Waals surface area contributed by atoms with Crippen LogP contribution >= 0.6 is 0 Å². The molecule has 0 atom stereocenters. The van der Waals surface area contributed by atoms with E-state index in [2.05, 4.69) is 344 Å². The summed E-state index contributed by atoms with van der Waals surface area (Å²) in [4.78, 5) is 23.2. The predicted octanol–water partition coefficient (Wildman–Crippen LogP) is 27.7. The van der Waals surface area contributed by atoms with Crippen LogP contribution in [0.3, 0.4) is 0 Å². The lowest BCUT2D eigenvalue weighted by atomic mass is 9.89. The van der Waals surface area contributed by atoms with Crippen LogP contribution in [0.4, 0.5) is 0 Å². The zero-order valence-corrected chi connectivity index (χ0v) is 60.8. The molecule has 0 aliphatic heterocycles. The monoisotopic (exact) mass is 1410 g/mol. The highest BCUT2D eigenvalue weighted by atomic mass is 16.3. The number of rotatable bonds is 10. The van der Waals surface area contributed by atoms with Gasteiger partial charge < -0.3 is 4.42 Å². The summed E-state index contributed by atoms with van der Waals surface area (Å²) in [6, 6.07) is 124. The average Bonchev–Trinajstić information content (AvgIpc) is 1.58. The normalized spacial score (nSPS) is 12.1. The maximum atomic E-state index is 6.57. The van der Waals surface area contributed by atoms with Gasteiger partial charge in [-0.2, -0.15) is 0 Å². The van der Waals surface area contributed by atoms with Crippen molar-refractivity contribution in [1.29, 1.82) is 0 Å². The summed E-state index contributed by atoms with van der Waals surface area (Å²) < 4.78 is 11.4. The van der Waals surface area contributed by atoms with Crippen LogP contribution in [0.5, 0.6) is 0 Å². The highest BCUT2D eigenvalue weighted by Crippen LogP contribution is 2.50. The minimum Gasteiger partial charge on any atom is -0.436 e. The number of aryl methyl sites for hydroxylation is 2. The first-order chi connectivity index (χ1) is 54.9. The number of aromatic nitrogens is 6. The molecule has 23 aromatic rings. The van der Waals surface area contributed by atoms with Crippen molar-refractivity contribution >= 4 is 152 Å². The van der Waals surface area contributed by atoms with Gasteiger partial charge in [0.1, 0.15) is 22.5 Å². The molecule has 5 aromatic heterocycles. The second-order valence-corrected chi connectivity index (χ2v) is 29.6. The Bertz CT molecular complexity index is 7850. The number of hydrogen-bond donors (Lipinski definition) is 0. The van der Waals surface area contributed by atoms with Gasteiger partial charge in [-0.3, -0.25) is 9.13 Å². The molecule has 7 nitrogen and oxygen atoms in total. The first kappa shape index (κ1) is 62.8. The molecule has 0 aliphatic rings. The molecule has 0 bridgehead atoms. The van der Waals surface area contributed by atoms with Crippen LogP contribution < -0.4 is 0 Å². The predicted molar refractivity (Wildman–Crippen MR) is 465 cm³/mol. The summed E-state index contributed by atoms with van der Waals surface area (Å²) in [5, 5.41) is 24.8. The Balaban J connectivity index is 0.732. The molecule has 0 aliphatic carbocycles. The quantitative estimate of drug-likeness (QED) is 0.128. The molecule has 0 radical (unpaired) electrons. The van der Waals surface area contributed by atoms with Gasteiger partial charge in [-0.1, -0.05) is 299 Å². The van der Waals surface area contributed by atoms with Crippen LogP contribution in [0.15, 0.2) is 344 Å². The Kier molecular flexibility index (Phi) is 13.9. The van der Waals surface area contributed by atoms with E-state index in [1.807, 2.05) is 18.2 Å². The number of fused-ring (bicyclic) bond motifs is 25. The van der Waals surface area contributed by atoms with Crippen LogP contribution in [0.25, 0.3) is 231 Å². The fraction of sp³-hybridized carbons (Fsp3) is 0.0385. The third-order valence-corrected chi connectivity index (χ3v) is 23.6. The summed E-state index contributed by atoms with van der Waals surface area (Å²) >= 11 is 0. The van der Waals surface area contributed by atoms with Gasteiger partial charge in [-0.15, -0.1) is 0 Å². The first-order valence-electron chi connectivity index (χ1n) is 38.4. The number of para-hydroxylation sites is 1. The van der Waals surface area contributed by atoms with Crippen LogP contribution in [0.1, 0.15) is 25.1 Å². The number of benzene rings is 18. The largest absolute Gasteiger partial charge is 0.436 e. The fourth-order valence-corrected chi connectivity index (χ4v) is 18.4. The van der Waals surface area contributed by atoms with E-state index in [1.165, 1.54) is 91.9 Å². The molecule has 0 spiro atoms. The van der Waals surface area contributed by atoms with E-state index in [4.69, 9.17) is 24.4 Å². The number of nitrogens with zero attached hydrogens (tertiary/aromatic N) is 6. The summed E-state index contributed by atoms with van der Waals surface area (Å²) in [7, 11) is 0. The van der Waals surface area contributed by atoms with E-state index in [9.17, 15) is 0 Å². The van der Waals surface area contributed by atoms with Crippen molar-refractivity contribution in [2.24, 2.45) is 0 Å². The molecular weight excluding hydrogens is 1350 g/mol. The Hall–Kier alpha value is -14.4. The van der Waals surface area contributed by atoms with E-state index in [-0.39, 0.29) is 0 Å². The van der Waals surface area contributed by atoms with Crippen molar-refractivity contribution < 1.29 is 4.42 Å². The average molecular weight is 1420 g/mol. The van der Waals surface area contributed by atoms with Gasteiger partial charge in [0, 0.05) is 54.4 Å². The molecule has 0 amide bonds. The van der Waals surface area contributed by atoms with E-state index >= 15 is 0 Å². The SMILES string of the molecule is CCc1cc(-c2ccc3c(c2)c2ccccc2c2ccc4c(c5cc6ccccc6cc5n4-c4nc5c(nc4-c4ccc(-c6ccccc6)cc4)oc4ccccc45)c23)ccc1-c1nc(-n2c3cc4ccccc4cc3c3c4c5ccccc5c5ccccc5c4ccc32)c(-c2ccc(-c3ccccc3)cc2)nc1CC. The molecule has 0 saturated carbocycles. The van der Waals surface area contributed by atoms with E-state index in [0.29, 0.717) is 12.1 Å². The Morgan fingerprint density at radius 2 is 0.649 bits per heavy atom. The molecule has 0 fully saturated rings. The highest BCUT2D eigenvalue weighted by Gasteiger charge is 2.29. The highest BCUT2D eigenvalue weighted by molar-refractivity contribution is 6.38. The minimum atomic E-state index is 0.499. The zero-order chi connectivity index (χ0) is 73.1. The molecule has 18 aromatic carbocycles. The number of hydrogen-bond acceptors (Lipinski definition) is 5. The van der Waals surface area contributed by atoms with Crippen molar-refractivity contribution in [3.63, 3.8) is 0 Å². The molecular formula is C104H66N6O. The molecule has 7 heteroatoms. The third kappa shape index (κ3) is 9.59. The van der Waals surface area contributed by atoms with Gasteiger partial charge in [0.15, 0.2) is 11.6 Å². The van der Waals surface area contributed by atoms with Crippen LogP contribution in [0.2, 0.25) is 0 Å². The molecule has 5 heterocycles. The van der Waals surface area contributed by atoms with Crippen molar-refractivity contribution in [3.8, 4) is 78.8 Å². The molecule has 518 valence electrons. The molecule has 111 heavy (non-hydrogen) atoms. The van der Waals surface area contributed by atoms with Gasteiger partial charge in [0.05, 0.1) is 33.5 Å². The Morgan fingerprint density at radius 1 is 0.252 bits per heavy atom. The fourth-order valence-electron chi connectivity index (χ4n) is 18.4. The standard InChI is InChI=1S/C104H66N6O/c1-3-61-55-72(47-49-74(61)100-88(4-2)105-98(66-43-39-64(40-44-66)62-23-7-5-8-24-62)102(106-100)109-89-53-51-81-77-33-16-15-31-75(77)76-32-19-20-36-80(76)94(81)96(89)86-57-68-27-11-13-29-70(68)59-91(86)109)73-48-50-83-85(56-73)79-35-18-17-34-78(79)82-52-54-90-97(95(82)83)87-58-69-28-12-14-30-71(69)60-92(87)110(90)103-99(67-45-41-65(42-46-67)63-25-9-6-10-26-63)108-104-101(107-103)84-37-21-22-38-93(84)111-104/h5-60H,3-4H2,1-2H3.